The van der Waals surface area contributed by atoms with Crippen LogP contribution in [0.1, 0.15) is 13.3 Å². The summed E-state index contributed by atoms with van der Waals surface area (Å²) >= 11 is 3.54. The van der Waals surface area contributed by atoms with E-state index in [4.69, 9.17) is 4.74 Å². The summed E-state index contributed by atoms with van der Waals surface area (Å²) in [6.45, 7) is 2.21. The molecule has 0 bridgehead atoms. The maximum absolute atomic E-state index is 5.18. The molecule has 1 aliphatic heterocycles. The predicted octanol–water partition coefficient (Wildman–Crippen LogP) is 2.20. The van der Waals surface area contributed by atoms with Crippen LogP contribution in [0.2, 0.25) is 0 Å². The van der Waals surface area contributed by atoms with Crippen LogP contribution in [0.25, 0.3) is 0 Å². The monoisotopic (exact) mass is 191 g/mol. The molecule has 2 unspecified atom stereocenters. The quantitative estimate of drug-likeness (QED) is 0.634. The molecule has 64 valence electrons. The number of hydrogen-bond acceptors (Lipinski definition) is 4. The van der Waals surface area contributed by atoms with Crippen LogP contribution in [0, 0.1) is 0 Å². The fraction of sp³-hybridized carbons (Fsp3) is 0.857. The number of nitrogens with zero attached hydrogens (tertiary/aromatic N) is 1. The topological polar surface area (TPSA) is 21.6 Å². The van der Waals surface area contributed by atoms with Crippen LogP contribution >= 0.6 is 23.5 Å². The second kappa shape index (κ2) is 4.38. The van der Waals surface area contributed by atoms with E-state index in [1.165, 1.54) is 0 Å². The van der Waals surface area contributed by atoms with Crippen molar-refractivity contribution in [3.05, 3.63) is 0 Å². The summed E-state index contributed by atoms with van der Waals surface area (Å²) in [5, 5.41) is 0.639. The summed E-state index contributed by atoms with van der Waals surface area (Å²) < 4.78 is 6.33. The Hall–Kier alpha value is 0.330. The second-order valence-corrected chi connectivity index (χ2v) is 4.93. The van der Waals surface area contributed by atoms with E-state index in [1.54, 1.807) is 18.9 Å². The Morgan fingerprint density at radius 2 is 2.45 bits per heavy atom. The van der Waals surface area contributed by atoms with Crippen molar-refractivity contribution in [2.24, 2.45) is 4.99 Å². The standard InChI is InChI=1S/C7H13NOS2/c1-5-4-6(9-2)8-7(10-3)11-5/h5-6H,4H2,1-3H3. The molecule has 0 amide bonds. The Bertz CT molecular complexity index is 161. The van der Waals surface area contributed by atoms with Gasteiger partial charge < -0.3 is 4.74 Å². The third-order valence-electron chi connectivity index (χ3n) is 1.53. The van der Waals surface area contributed by atoms with Gasteiger partial charge in [0.2, 0.25) is 0 Å². The van der Waals surface area contributed by atoms with Crippen LogP contribution in [0.4, 0.5) is 0 Å². The average Bonchev–Trinajstić information content (AvgIpc) is 2.03. The largest absolute Gasteiger partial charge is 0.360 e. The van der Waals surface area contributed by atoms with Crippen LogP contribution in [-0.2, 0) is 4.74 Å². The summed E-state index contributed by atoms with van der Waals surface area (Å²) in [7, 11) is 1.72. The molecule has 1 aliphatic rings. The number of rotatable bonds is 1. The van der Waals surface area contributed by atoms with Crippen molar-refractivity contribution in [2.75, 3.05) is 13.4 Å². The first kappa shape index (κ1) is 9.42. The first-order valence-corrected chi connectivity index (χ1v) is 5.68. The second-order valence-electron chi connectivity index (χ2n) is 2.45. The molecule has 11 heavy (non-hydrogen) atoms. The fourth-order valence-electron chi connectivity index (χ4n) is 0.955. The van der Waals surface area contributed by atoms with E-state index in [2.05, 4.69) is 18.2 Å². The first-order chi connectivity index (χ1) is 5.26. The summed E-state index contributed by atoms with van der Waals surface area (Å²) in [4.78, 5) is 4.39. The molecule has 0 spiro atoms. The van der Waals surface area contributed by atoms with Gasteiger partial charge in [0.15, 0.2) is 6.23 Å². The van der Waals surface area contributed by atoms with Crippen molar-refractivity contribution in [3.63, 3.8) is 0 Å². The number of methoxy groups -OCH3 is 1. The fourth-order valence-corrected chi connectivity index (χ4v) is 2.84. The van der Waals surface area contributed by atoms with Crippen molar-refractivity contribution < 1.29 is 4.74 Å². The molecule has 0 saturated heterocycles. The lowest BCUT2D eigenvalue weighted by Crippen LogP contribution is -2.20. The maximum atomic E-state index is 5.18. The molecule has 0 aromatic carbocycles. The lowest BCUT2D eigenvalue weighted by Gasteiger charge is -2.22. The molecule has 2 nitrogen and oxygen atoms in total. The van der Waals surface area contributed by atoms with Crippen LogP contribution in [0.3, 0.4) is 0 Å². The summed E-state index contributed by atoms with van der Waals surface area (Å²) in [6, 6.07) is 0. The highest BCUT2D eigenvalue weighted by Gasteiger charge is 2.20. The van der Waals surface area contributed by atoms with Gasteiger partial charge in [-0.3, -0.25) is 0 Å². The number of hydrogen-bond donors (Lipinski definition) is 0. The first-order valence-electron chi connectivity index (χ1n) is 3.57. The van der Waals surface area contributed by atoms with Crippen LogP contribution in [-0.4, -0.2) is 29.2 Å². The van der Waals surface area contributed by atoms with E-state index in [9.17, 15) is 0 Å². The lowest BCUT2D eigenvalue weighted by atomic mass is 10.3. The number of ether oxygens (including phenoxy) is 1. The highest BCUT2D eigenvalue weighted by atomic mass is 32.2. The highest BCUT2D eigenvalue weighted by Crippen LogP contribution is 2.29. The van der Waals surface area contributed by atoms with Gasteiger partial charge in [0.25, 0.3) is 0 Å². The highest BCUT2D eigenvalue weighted by molar-refractivity contribution is 8.38. The third-order valence-corrected chi connectivity index (χ3v) is 3.68. The van der Waals surface area contributed by atoms with E-state index in [0.29, 0.717) is 5.25 Å². The molecule has 0 radical (unpaired) electrons. The number of aliphatic imine (C=N–C) groups is 1. The van der Waals surface area contributed by atoms with Gasteiger partial charge in [-0.25, -0.2) is 4.99 Å². The van der Waals surface area contributed by atoms with E-state index in [-0.39, 0.29) is 6.23 Å². The normalized spacial score (nSPS) is 31.7. The van der Waals surface area contributed by atoms with Gasteiger partial charge in [0.1, 0.15) is 4.38 Å². The zero-order chi connectivity index (χ0) is 8.27. The van der Waals surface area contributed by atoms with Gasteiger partial charge in [0, 0.05) is 18.8 Å². The van der Waals surface area contributed by atoms with Gasteiger partial charge in [0.05, 0.1) is 0 Å². The summed E-state index contributed by atoms with van der Waals surface area (Å²) in [6.07, 6.45) is 3.18. The van der Waals surface area contributed by atoms with Crippen LogP contribution in [0.15, 0.2) is 4.99 Å². The molecule has 0 N–H and O–H groups in total. The zero-order valence-electron chi connectivity index (χ0n) is 7.03. The molecule has 0 saturated carbocycles. The lowest BCUT2D eigenvalue weighted by molar-refractivity contribution is 0.103. The van der Waals surface area contributed by atoms with Crippen molar-refractivity contribution in [3.8, 4) is 0 Å². The van der Waals surface area contributed by atoms with Crippen molar-refractivity contribution in [1.29, 1.82) is 0 Å². The zero-order valence-corrected chi connectivity index (χ0v) is 8.67. The van der Waals surface area contributed by atoms with Crippen LogP contribution in [0.5, 0.6) is 0 Å². The van der Waals surface area contributed by atoms with Gasteiger partial charge >= 0.3 is 0 Å². The van der Waals surface area contributed by atoms with Gasteiger partial charge in [-0.15, -0.1) is 11.8 Å². The van der Waals surface area contributed by atoms with Crippen LogP contribution < -0.4 is 0 Å². The predicted molar refractivity (Wildman–Crippen MR) is 53.4 cm³/mol. The smallest absolute Gasteiger partial charge is 0.150 e. The minimum atomic E-state index is 0.0914. The Morgan fingerprint density at radius 3 is 3.00 bits per heavy atom. The Balaban J connectivity index is 2.57. The minimum absolute atomic E-state index is 0.0914. The molecule has 2 atom stereocenters. The maximum Gasteiger partial charge on any atom is 0.150 e. The Morgan fingerprint density at radius 1 is 1.73 bits per heavy atom. The van der Waals surface area contributed by atoms with Crippen molar-refractivity contribution in [1.82, 2.24) is 0 Å². The van der Waals surface area contributed by atoms with E-state index in [1.807, 2.05) is 11.8 Å². The Kier molecular flexibility index (Phi) is 3.75. The van der Waals surface area contributed by atoms with Gasteiger partial charge in [-0.05, 0) is 6.26 Å². The number of thioether (sulfide) groups is 2. The van der Waals surface area contributed by atoms with Crippen molar-refractivity contribution in [2.45, 2.75) is 24.8 Å². The molecule has 0 aromatic rings. The van der Waals surface area contributed by atoms with E-state index >= 15 is 0 Å². The molecule has 4 heteroatoms. The summed E-state index contributed by atoms with van der Waals surface area (Å²) in [5.41, 5.74) is 0. The third kappa shape index (κ3) is 2.69. The molecular weight excluding hydrogens is 178 g/mol. The molecular formula is C7H13NOS2. The molecule has 1 heterocycles. The molecule has 0 aromatic heterocycles. The van der Waals surface area contributed by atoms with Gasteiger partial charge in [-0.2, -0.15) is 0 Å². The van der Waals surface area contributed by atoms with Gasteiger partial charge in [-0.1, -0.05) is 18.7 Å². The molecule has 0 aliphatic carbocycles. The Labute approximate surface area is 76.2 Å². The molecule has 0 fully saturated rings. The molecule has 1 rings (SSSR count). The average molecular weight is 191 g/mol. The van der Waals surface area contributed by atoms with Crippen molar-refractivity contribution >= 4 is 27.9 Å². The summed E-state index contributed by atoms with van der Waals surface area (Å²) in [5.74, 6) is 0. The van der Waals surface area contributed by atoms with E-state index in [0.717, 1.165) is 10.8 Å². The van der Waals surface area contributed by atoms with E-state index < -0.39 is 0 Å². The minimum Gasteiger partial charge on any atom is -0.360 e. The SMILES string of the molecule is COC1CC(C)SC(SC)=N1.